The molecule has 1 heterocycles. The third-order valence-corrected chi connectivity index (χ3v) is 4.98. The molecule has 0 aromatic heterocycles. The summed E-state index contributed by atoms with van der Waals surface area (Å²) in [5.74, 6) is 0.196. The fourth-order valence-corrected chi connectivity index (χ4v) is 3.95. The highest BCUT2D eigenvalue weighted by Crippen LogP contribution is 2.43. The highest BCUT2D eigenvalue weighted by Gasteiger charge is 2.42. The van der Waals surface area contributed by atoms with Gasteiger partial charge in [0.05, 0.1) is 11.8 Å². The summed E-state index contributed by atoms with van der Waals surface area (Å²) in [6.45, 7) is 1.57. The van der Waals surface area contributed by atoms with Crippen molar-refractivity contribution >= 4 is 23.2 Å². The molecular weight excluding hydrogens is 308 g/mol. The van der Waals surface area contributed by atoms with Crippen molar-refractivity contribution in [2.24, 2.45) is 11.0 Å². The number of hydrogen-bond donors (Lipinski definition) is 0. The van der Waals surface area contributed by atoms with E-state index in [0.717, 1.165) is 24.1 Å². The van der Waals surface area contributed by atoms with E-state index < -0.39 is 0 Å². The molecule has 1 aliphatic heterocycles. The molecule has 0 N–H and O–H groups in total. The van der Waals surface area contributed by atoms with Crippen molar-refractivity contribution in [2.75, 3.05) is 0 Å². The van der Waals surface area contributed by atoms with E-state index in [0.29, 0.717) is 5.02 Å². The number of fused-ring (bicyclic) bond motifs is 3. The zero-order chi connectivity index (χ0) is 16.0. The molecule has 2 aliphatic rings. The number of amides is 1. The van der Waals surface area contributed by atoms with Crippen LogP contribution in [0.4, 0.5) is 0 Å². The molecule has 0 saturated carbocycles. The maximum Gasteiger partial charge on any atom is 0.240 e. The number of carbonyl (C=O) groups is 1. The van der Waals surface area contributed by atoms with Gasteiger partial charge in [0.2, 0.25) is 5.91 Å². The summed E-state index contributed by atoms with van der Waals surface area (Å²) in [6.07, 6.45) is 2.01. The van der Waals surface area contributed by atoms with Crippen molar-refractivity contribution in [2.45, 2.75) is 25.8 Å². The summed E-state index contributed by atoms with van der Waals surface area (Å²) in [5, 5.41) is 7.02. The Bertz CT molecular complexity index is 815. The summed E-state index contributed by atoms with van der Waals surface area (Å²) in [4.78, 5) is 12.2. The number of hydrogen-bond acceptors (Lipinski definition) is 2. The van der Waals surface area contributed by atoms with Crippen molar-refractivity contribution in [3.05, 3.63) is 70.2 Å². The summed E-state index contributed by atoms with van der Waals surface area (Å²) >= 11 is 6.17. The zero-order valence-corrected chi connectivity index (χ0v) is 13.6. The highest BCUT2D eigenvalue weighted by atomic mass is 35.5. The molecule has 2 aromatic rings. The minimum atomic E-state index is -0.0606. The average molecular weight is 325 g/mol. The Kier molecular flexibility index (Phi) is 3.46. The van der Waals surface area contributed by atoms with Crippen LogP contribution in [0, 0.1) is 5.92 Å². The van der Waals surface area contributed by atoms with Gasteiger partial charge in [-0.1, -0.05) is 48.0 Å². The van der Waals surface area contributed by atoms with E-state index in [-0.39, 0.29) is 17.9 Å². The third kappa shape index (κ3) is 2.36. The van der Waals surface area contributed by atoms with Gasteiger partial charge in [-0.05, 0) is 36.1 Å². The minimum absolute atomic E-state index is 0.0330. The van der Waals surface area contributed by atoms with E-state index in [2.05, 4.69) is 18.2 Å². The monoisotopic (exact) mass is 324 g/mol. The van der Waals surface area contributed by atoms with Gasteiger partial charge in [-0.25, -0.2) is 5.01 Å². The fraction of sp³-hybridized carbons (Fsp3) is 0.263. The molecular formula is C19H17ClN2O. The lowest BCUT2D eigenvalue weighted by atomic mass is 9.77. The fourth-order valence-electron chi connectivity index (χ4n) is 3.75. The summed E-state index contributed by atoms with van der Waals surface area (Å²) in [7, 11) is 0. The molecule has 0 fully saturated rings. The molecule has 0 spiro atoms. The van der Waals surface area contributed by atoms with Gasteiger partial charge in [-0.3, -0.25) is 4.79 Å². The molecule has 23 heavy (non-hydrogen) atoms. The lowest BCUT2D eigenvalue weighted by Crippen LogP contribution is -2.31. The van der Waals surface area contributed by atoms with Crippen LogP contribution in [-0.4, -0.2) is 16.6 Å². The van der Waals surface area contributed by atoms with E-state index in [1.165, 1.54) is 11.1 Å². The summed E-state index contributed by atoms with van der Waals surface area (Å²) in [6, 6.07) is 16.1. The lowest BCUT2D eigenvalue weighted by Gasteiger charge is -2.29. The minimum Gasteiger partial charge on any atom is -0.273 e. The molecule has 2 atom stereocenters. The Balaban J connectivity index is 1.82. The first-order valence-corrected chi connectivity index (χ1v) is 8.25. The van der Waals surface area contributed by atoms with E-state index >= 15 is 0 Å². The first-order valence-electron chi connectivity index (χ1n) is 7.87. The van der Waals surface area contributed by atoms with Gasteiger partial charge in [0.15, 0.2) is 0 Å². The SMILES string of the molecule is CC(=O)N1N=C2c3ccccc3CCC2C1c1cccc(Cl)c1. The number of carbonyl (C=O) groups excluding carboxylic acids is 1. The number of nitrogens with zero attached hydrogens (tertiary/aromatic N) is 2. The van der Waals surface area contributed by atoms with Crippen LogP contribution in [0.3, 0.4) is 0 Å². The predicted molar refractivity (Wildman–Crippen MR) is 91.5 cm³/mol. The van der Waals surface area contributed by atoms with E-state index in [4.69, 9.17) is 16.7 Å². The van der Waals surface area contributed by atoms with Gasteiger partial charge in [0.25, 0.3) is 0 Å². The second-order valence-electron chi connectivity index (χ2n) is 6.15. The van der Waals surface area contributed by atoms with Crippen LogP contribution in [0.15, 0.2) is 53.6 Å². The van der Waals surface area contributed by atoms with Gasteiger partial charge in [-0.15, -0.1) is 0 Å². The second kappa shape index (κ2) is 5.50. The zero-order valence-electron chi connectivity index (χ0n) is 12.9. The number of aryl methyl sites for hydroxylation is 1. The third-order valence-electron chi connectivity index (χ3n) is 4.74. The molecule has 0 saturated heterocycles. The normalized spacial score (nSPS) is 22.3. The van der Waals surface area contributed by atoms with Crippen LogP contribution in [-0.2, 0) is 11.2 Å². The summed E-state index contributed by atoms with van der Waals surface area (Å²) < 4.78 is 0. The molecule has 2 unspecified atom stereocenters. The van der Waals surface area contributed by atoms with Crippen molar-refractivity contribution in [1.82, 2.24) is 5.01 Å². The van der Waals surface area contributed by atoms with E-state index in [9.17, 15) is 4.79 Å². The molecule has 1 aliphatic carbocycles. The van der Waals surface area contributed by atoms with Crippen molar-refractivity contribution in [3.63, 3.8) is 0 Å². The van der Waals surface area contributed by atoms with Crippen molar-refractivity contribution < 1.29 is 4.79 Å². The molecule has 2 aromatic carbocycles. The molecule has 4 rings (SSSR count). The van der Waals surface area contributed by atoms with E-state index in [1.807, 2.05) is 30.3 Å². The van der Waals surface area contributed by atoms with Crippen LogP contribution in [0.1, 0.15) is 36.1 Å². The Morgan fingerprint density at radius 3 is 2.83 bits per heavy atom. The first kappa shape index (κ1) is 14.5. The largest absolute Gasteiger partial charge is 0.273 e. The number of benzene rings is 2. The number of rotatable bonds is 1. The van der Waals surface area contributed by atoms with Gasteiger partial charge < -0.3 is 0 Å². The van der Waals surface area contributed by atoms with E-state index in [1.54, 1.807) is 11.9 Å². The van der Waals surface area contributed by atoms with Crippen LogP contribution in [0.25, 0.3) is 0 Å². The van der Waals surface area contributed by atoms with Crippen LogP contribution in [0.5, 0.6) is 0 Å². The van der Waals surface area contributed by atoms with Gasteiger partial charge in [-0.2, -0.15) is 5.10 Å². The Morgan fingerprint density at radius 2 is 2.04 bits per heavy atom. The van der Waals surface area contributed by atoms with Crippen LogP contribution >= 0.6 is 11.6 Å². The van der Waals surface area contributed by atoms with Gasteiger partial charge >= 0.3 is 0 Å². The number of hydrazone groups is 1. The maximum absolute atomic E-state index is 12.2. The Morgan fingerprint density at radius 1 is 1.22 bits per heavy atom. The average Bonchev–Trinajstić information content (AvgIpc) is 2.95. The topological polar surface area (TPSA) is 32.7 Å². The van der Waals surface area contributed by atoms with Crippen LogP contribution in [0.2, 0.25) is 5.02 Å². The second-order valence-corrected chi connectivity index (χ2v) is 6.59. The Hall–Kier alpha value is -2.13. The quantitative estimate of drug-likeness (QED) is 0.773. The highest BCUT2D eigenvalue weighted by molar-refractivity contribution is 6.30. The smallest absolute Gasteiger partial charge is 0.240 e. The van der Waals surface area contributed by atoms with Gasteiger partial charge in [0, 0.05) is 23.4 Å². The van der Waals surface area contributed by atoms with Crippen molar-refractivity contribution in [3.8, 4) is 0 Å². The maximum atomic E-state index is 12.2. The van der Waals surface area contributed by atoms with Gasteiger partial charge in [0.1, 0.15) is 0 Å². The summed E-state index contributed by atoms with van der Waals surface area (Å²) in [5.41, 5.74) is 4.58. The molecule has 1 amide bonds. The first-order chi connectivity index (χ1) is 11.1. The molecule has 4 heteroatoms. The van der Waals surface area contributed by atoms with Crippen LogP contribution < -0.4 is 0 Å². The van der Waals surface area contributed by atoms with Crippen molar-refractivity contribution in [1.29, 1.82) is 0 Å². The predicted octanol–water partition coefficient (Wildman–Crippen LogP) is 4.21. The molecule has 116 valence electrons. The molecule has 3 nitrogen and oxygen atoms in total. The standard InChI is InChI=1S/C19H17ClN2O/c1-12(23)22-19(14-6-4-7-15(20)11-14)17-10-9-13-5-2-3-8-16(13)18(17)21-22/h2-8,11,17,19H,9-10H2,1H3. The molecule has 0 bridgehead atoms. The number of halogens is 1. The molecule has 0 radical (unpaired) electrons. The lowest BCUT2D eigenvalue weighted by molar-refractivity contribution is -0.131. The Labute approximate surface area is 140 Å².